The summed E-state index contributed by atoms with van der Waals surface area (Å²) in [6.45, 7) is 6.86. The minimum Gasteiger partial charge on any atom is -0.358 e. The molecule has 0 saturated carbocycles. The highest BCUT2D eigenvalue weighted by molar-refractivity contribution is 5.92. The number of hydrogen-bond donors (Lipinski definition) is 3. The van der Waals surface area contributed by atoms with E-state index in [1.165, 1.54) is 6.33 Å². The van der Waals surface area contributed by atoms with Crippen LogP contribution in [-0.4, -0.2) is 38.2 Å². The molecule has 0 radical (unpaired) electrons. The van der Waals surface area contributed by atoms with Crippen LogP contribution in [0.2, 0.25) is 0 Å². The van der Waals surface area contributed by atoms with Crippen molar-refractivity contribution in [1.29, 1.82) is 0 Å². The van der Waals surface area contributed by atoms with Gasteiger partial charge in [0.05, 0.1) is 30.0 Å². The van der Waals surface area contributed by atoms with Crippen molar-refractivity contribution in [2.24, 2.45) is 0 Å². The molecule has 1 aliphatic heterocycles. The van der Waals surface area contributed by atoms with Crippen molar-refractivity contribution in [3.63, 3.8) is 0 Å². The first kappa shape index (κ1) is 17.4. The third-order valence-electron chi connectivity index (χ3n) is 4.70. The molecule has 4 rings (SSSR count). The van der Waals surface area contributed by atoms with Crippen LogP contribution in [0.4, 0.5) is 5.82 Å². The van der Waals surface area contributed by atoms with E-state index in [9.17, 15) is 4.79 Å². The number of anilines is 1. The van der Waals surface area contributed by atoms with Crippen molar-refractivity contribution in [2.75, 3.05) is 11.9 Å². The largest absolute Gasteiger partial charge is 0.358 e. The van der Waals surface area contributed by atoms with Crippen molar-refractivity contribution in [3.05, 3.63) is 47.5 Å². The van der Waals surface area contributed by atoms with E-state index in [4.69, 9.17) is 0 Å². The molecule has 2 aromatic heterocycles. The normalized spacial score (nSPS) is 14.6. The Hall–Kier alpha value is -3.00. The molecule has 3 aromatic rings. The molecule has 3 heterocycles. The average Bonchev–Trinajstić information content (AvgIpc) is 3.09. The van der Waals surface area contributed by atoms with Crippen LogP contribution in [0.1, 0.15) is 23.9 Å². The van der Waals surface area contributed by atoms with E-state index in [0.717, 1.165) is 47.5 Å². The second kappa shape index (κ2) is 7.32. The number of aromatic nitrogens is 4. The summed E-state index contributed by atoms with van der Waals surface area (Å²) in [4.78, 5) is 21.1. The highest BCUT2D eigenvalue weighted by atomic mass is 16.2. The zero-order chi connectivity index (χ0) is 18.8. The molecule has 0 saturated heterocycles. The quantitative estimate of drug-likeness (QED) is 0.632. The van der Waals surface area contributed by atoms with Gasteiger partial charge in [-0.1, -0.05) is 11.6 Å². The number of carbonyl (C=O) groups excluding carboxylic acids is 1. The monoisotopic (exact) mass is 365 g/mol. The van der Waals surface area contributed by atoms with Gasteiger partial charge in [-0.3, -0.25) is 9.48 Å². The van der Waals surface area contributed by atoms with E-state index in [1.54, 1.807) is 0 Å². The van der Waals surface area contributed by atoms with Gasteiger partial charge < -0.3 is 16.0 Å². The van der Waals surface area contributed by atoms with E-state index < -0.39 is 6.04 Å². The predicted octanol–water partition coefficient (Wildman–Crippen LogP) is 1.35. The number of rotatable bonds is 5. The summed E-state index contributed by atoms with van der Waals surface area (Å²) in [5.74, 6) is 0.563. The van der Waals surface area contributed by atoms with Crippen LogP contribution in [0.25, 0.3) is 10.9 Å². The fourth-order valence-electron chi connectivity index (χ4n) is 3.23. The van der Waals surface area contributed by atoms with Crippen LogP contribution < -0.4 is 16.0 Å². The fraction of sp³-hybridized carbons (Fsp3) is 0.368. The van der Waals surface area contributed by atoms with Crippen LogP contribution in [0.15, 0.2) is 30.6 Å². The van der Waals surface area contributed by atoms with Crippen molar-refractivity contribution >= 4 is 22.6 Å². The van der Waals surface area contributed by atoms with Gasteiger partial charge in [-0.15, -0.1) is 0 Å². The summed E-state index contributed by atoms with van der Waals surface area (Å²) in [5.41, 5.74) is 4.00. The maximum Gasteiger partial charge on any atom is 0.242 e. The molecule has 8 nitrogen and oxygen atoms in total. The molecule has 1 unspecified atom stereocenters. The summed E-state index contributed by atoms with van der Waals surface area (Å²) >= 11 is 0. The van der Waals surface area contributed by atoms with E-state index in [2.05, 4.69) is 31.0 Å². The lowest BCUT2D eigenvalue weighted by atomic mass is 10.1. The Morgan fingerprint density at radius 2 is 2.22 bits per heavy atom. The molecular formula is C19H23N7O. The molecule has 1 atom stereocenters. The lowest BCUT2D eigenvalue weighted by Gasteiger charge is -2.15. The average molecular weight is 365 g/mol. The van der Waals surface area contributed by atoms with E-state index >= 15 is 0 Å². The van der Waals surface area contributed by atoms with Crippen molar-refractivity contribution in [1.82, 2.24) is 30.4 Å². The molecule has 0 fully saturated rings. The summed E-state index contributed by atoms with van der Waals surface area (Å²) in [6.07, 6.45) is 1.51. The molecule has 1 aliphatic rings. The van der Waals surface area contributed by atoms with Crippen molar-refractivity contribution < 1.29 is 4.79 Å². The molecule has 1 aromatic carbocycles. The zero-order valence-corrected chi connectivity index (χ0v) is 15.5. The summed E-state index contributed by atoms with van der Waals surface area (Å²) < 4.78 is 2.00. The lowest BCUT2D eigenvalue weighted by Crippen LogP contribution is -2.37. The standard InChI is InChI=1S/C19H23N7O/c1-12-3-4-17-16(7-12)18(23-11-22-17)24-13(2)19(27)21-9-14-8-15-10-20-5-6-26(15)25-14/h3-4,7-8,11,13,20H,5-6,9-10H2,1-2H3,(H,21,27)(H,22,23,24). The molecule has 0 bridgehead atoms. The summed E-state index contributed by atoms with van der Waals surface area (Å²) in [7, 11) is 0. The van der Waals surface area contributed by atoms with Crippen LogP contribution >= 0.6 is 0 Å². The first-order valence-corrected chi connectivity index (χ1v) is 9.12. The fourth-order valence-corrected chi connectivity index (χ4v) is 3.23. The molecule has 27 heavy (non-hydrogen) atoms. The number of nitrogens with one attached hydrogen (secondary N) is 3. The first-order valence-electron chi connectivity index (χ1n) is 9.12. The molecule has 1 amide bonds. The number of benzene rings is 1. The SMILES string of the molecule is Cc1ccc2ncnc(NC(C)C(=O)NCc3cc4n(n3)CCNC4)c2c1. The zero-order valence-electron chi connectivity index (χ0n) is 15.5. The number of nitrogens with zero attached hydrogens (tertiary/aromatic N) is 4. The summed E-state index contributed by atoms with van der Waals surface area (Å²) in [5, 5.41) is 14.9. The Balaban J connectivity index is 1.41. The first-order chi connectivity index (χ1) is 13.1. The number of amides is 1. The van der Waals surface area contributed by atoms with Crippen LogP contribution in [-0.2, 0) is 24.4 Å². The maximum absolute atomic E-state index is 12.5. The maximum atomic E-state index is 12.5. The third kappa shape index (κ3) is 3.75. The van der Waals surface area contributed by atoms with Gasteiger partial charge in [0.15, 0.2) is 0 Å². The van der Waals surface area contributed by atoms with Crippen molar-refractivity contribution in [3.8, 4) is 0 Å². The molecule has 8 heteroatoms. The van der Waals surface area contributed by atoms with Crippen LogP contribution in [0, 0.1) is 6.92 Å². The van der Waals surface area contributed by atoms with Gasteiger partial charge >= 0.3 is 0 Å². The minimum absolute atomic E-state index is 0.0986. The second-order valence-electron chi connectivity index (χ2n) is 6.85. The molecular weight excluding hydrogens is 342 g/mol. The van der Waals surface area contributed by atoms with Gasteiger partial charge in [0, 0.05) is 18.5 Å². The van der Waals surface area contributed by atoms with E-state index in [-0.39, 0.29) is 5.91 Å². The van der Waals surface area contributed by atoms with Crippen molar-refractivity contribution in [2.45, 2.75) is 39.5 Å². The Labute approximate surface area is 157 Å². The molecule has 140 valence electrons. The van der Waals surface area contributed by atoms with Gasteiger partial charge in [0.25, 0.3) is 0 Å². The summed E-state index contributed by atoms with van der Waals surface area (Å²) in [6, 6.07) is 7.59. The minimum atomic E-state index is -0.428. The Kier molecular flexibility index (Phi) is 4.72. The van der Waals surface area contributed by atoms with E-state index in [1.807, 2.05) is 42.8 Å². The van der Waals surface area contributed by atoms with Gasteiger partial charge in [-0.2, -0.15) is 5.10 Å². The van der Waals surface area contributed by atoms with Gasteiger partial charge in [-0.25, -0.2) is 9.97 Å². The smallest absolute Gasteiger partial charge is 0.242 e. The Morgan fingerprint density at radius 3 is 3.07 bits per heavy atom. The highest BCUT2D eigenvalue weighted by Crippen LogP contribution is 2.21. The molecule has 0 aliphatic carbocycles. The topological polar surface area (TPSA) is 96.8 Å². The van der Waals surface area contributed by atoms with Crippen LogP contribution in [0.3, 0.4) is 0 Å². The number of aryl methyl sites for hydroxylation is 1. The Bertz CT molecular complexity index is 958. The number of carbonyl (C=O) groups is 1. The molecule has 3 N–H and O–H groups in total. The van der Waals surface area contributed by atoms with Gasteiger partial charge in [0.2, 0.25) is 5.91 Å². The number of fused-ring (bicyclic) bond motifs is 2. The Morgan fingerprint density at radius 1 is 1.33 bits per heavy atom. The lowest BCUT2D eigenvalue weighted by molar-refractivity contribution is -0.121. The van der Waals surface area contributed by atoms with Gasteiger partial charge in [0.1, 0.15) is 18.2 Å². The van der Waals surface area contributed by atoms with Gasteiger partial charge in [-0.05, 0) is 32.0 Å². The number of hydrogen-bond acceptors (Lipinski definition) is 6. The third-order valence-corrected chi connectivity index (χ3v) is 4.70. The van der Waals surface area contributed by atoms with E-state index in [0.29, 0.717) is 12.4 Å². The highest BCUT2D eigenvalue weighted by Gasteiger charge is 2.16. The second-order valence-corrected chi connectivity index (χ2v) is 6.85. The van der Waals surface area contributed by atoms with Crippen LogP contribution in [0.5, 0.6) is 0 Å². The molecule has 0 spiro atoms. The predicted molar refractivity (Wildman–Crippen MR) is 103 cm³/mol.